The number of carboxylic acids is 1. The molecule has 0 aliphatic heterocycles. The van der Waals surface area contributed by atoms with Crippen molar-refractivity contribution in [2.75, 3.05) is 18.1 Å². The monoisotopic (exact) mass is 645 g/mol. The number of carbonyl (C=O) groups excluding carboxylic acids is 6. The van der Waals surface area contributed by atoms with E-state index in [1.165, 1.54) is 39.0 Å². The molecule has 0 radical (unpaired) electrons. The average molecular weight is 646 g/mol. The summed E-state index contributed by atoms with van der Waals surface area (Å²) >= 11 is 0.794. The first-order chi connectivity index (χ1) is 20.7. The fourth-order valence-corrected chi connectivity index (χ4v) is 5.31. The second-order valence-electron chi connectivity index (χ2n) is 10.8. The second kappa shape index (κ2) is 22.3. The van der Waals surface area contributed by atoms with Crippen LogP contribution in [0, 0.1) is 0 Å². The first kappa shape index (κ1) is 40.8. The van der Waals surface area contributed by atoms with Crippen molar-refractivity contribution in [3.05, 3.63) is 0 Å². The number of unbranched alkanes of at least 4 members (excludes halogenated alkanes) is 8. The Morgan fingerprint density at radius 3 is 1.82 bits per heavy atom. The lowest BCUT2D eigenvalue weighted by Gasteiger charge is -2.25. The van der Waals surface area contributed by atoms with Crippen molar-refractivity contribution < 1.29 is 38.7 Å². The molecule has 0 aliphatic carbocycles. The number of nitrogens with one attached hydrogen (secondary N) is 3. The van der Waals surface area contributed by atoms with E-state index in [0.29, 0.717) is 6.42 Å². The summed E-state index contributed by atoms with van der Waals surface area (Å²) in [6.45, 7) is 3.22. The third-order valence-electron chi connectivity index (χ3n) is 6.96. The van der Waals surface area contributed by atoms with Crippen LogP contribution in [-0.4, -0.2) is 88.1 Å². The number of ketones is 1. The lowest BCUT2D eigenvalue weighted by Crippen LogP contribution is -2.58. The molecule has 0 bridgehead atoms. The van der Waals surface area contributed by atoms with Crippen LogP contribution >= 0.6 is 11.8 Å². The predicted octanol–water partition coefficient (Wildman–Crippen LogP) is -0.824. The SMILES string of the molecule is CCCCCCCCCCCC(=O)N[C@@H](C)C(=O)N[C@H](CCC(=O)C(N)(CSCC(NC(=O)CN)C(N)=O)C(=O)O)C(N)=O. The summed E-state index contributed by atoms with van der Waals surface area (Å²) in [6.07, 6.45) is 9.28. The van der Waals surface area contributed by atoms with Gasteiger partial charge in [-0.25, -0.2) is 4.79 Å². The molecule has 0 aromatic rings. The van der Waals surface area contributed by atoms with Crippen LogP contribution < -0.4 is 38.9 Å². The molecule has 16 heteroatoms. The predicted molar refractivity (Wildman–Crippen MR) is 167 cm³/mol. The highest BCUT2D eigenvalue weighted by Crippen LogP contribution is 2.18. The minimum Gasteiger partial charge on any atom is -0.480 e. The number of rotatable bonds is 26. The molecule has 5 amide bonds. The highest BCUT2D eigenvalue weighted by atomic mass is 32.2. The van der Waals surface area contributed by atoms with Crippen LogP contribution in [0.1, 0.15) is 90.9 Å². The van der Waals surface area contributed by atoms with Gasteiger partial charge >= 0.3 is 5.97 Å². The molecule has 0 fully saturated rings. The fourth-order valence-electron chi connectivity index (χ4n) is 4.10. The van der Waals surface area contributed by atoms with Gasteiger partial charge in [-0.05, 0) is 19.8 Å². The Labute approximate surface area is 263 Å². The van der Waals surface area contributed by atoms with Crippen LogP contribution in [0.25, 0.3) is 0 Å². The number of hydrogen-bond acceptors (Lipinski definition) is 10. The minimum absolute atomic E-state index is 0.177. The van der Waals surface area contributed by atoms with Gasteiger partial charge in [0.2, 0.25) is 29.5 Å². The number of aliphatic carboxylic acids is 1. The molecule has 0 spiro atoms. The van der Waals surface area contributed by atoms with Gasteiger partial charge in [0.15, 0.2) is 11.3 Å². The molecule has 0 saturated carbocycles. The van der Waals surface area contributed by atoms with E-state index in [9.17, 15) is 38.7 Å². The Hall–Kier alpha value is -3.24. The molecule has 4 atom stereocenters. The maximum atomic E-state index is 12.8. The molecule has 0 saturated heterocycles. The van der Waals surface area contributed by atoms with Crippen LogP contribution in [0.2, 0.25) is 0 Å². The largest absolute Gasteiger partial charge is 0.480 e. The summed E-state index contributed by atoms with van der Waals surface area (Å²) in [6, 6.07) is -3.49. The number of amides is 5. The lowest BCUT2D eigenvalue weighted by molar-refractivity contribution is -0.147. The van der Waals surface area contributed by atoms with Crippen molar-refractivity contribution in [3.8, 4) is 0 Å². The summed E-state index contributed by atoms with van der Waals surface area (Å²) in [5.41, 5.74) is 19.3. The van der Waals surface area contributed by atoms with E-state index in [2.05, 4.69) is 22.9 Å². The molecule has 15 nitrogen and oxygen atoms in total. The second-order valence-corrected chi connectivity index (χ2v) is 11.8. The Morgan fingerprint density at radius 1 is 0.773 bits per heavy atom. The highest BCUT2D eigenvalue weighted by molar-refractivity contribution is 7.99. The molecule has 44 heavy (non-hydrogen) atoms. The molecule has 0 aliphatic rings. The number of Topliss-reactive ketones (excluding diaryl/α,β-unsaturated/α-hetero) is 1. The van der Waals surface area contributed by atoms with Crippen LogP contribution in [0.4, 0.5) is 0 Å². The van der Waals surface area contributed by atoms with Crippen molar-refractivity contribution >= 4 is 53.1 Å². The van der Waals surface area contributed by atoms with Crippen LogP contribution in [0.3, 0.4) is 0 Å². The smallest absolute Gasteiger partial charge is 0.332 e. The third kappa shape index (κ3) is 16.6. The maximum absolute atomic E-state index is 12.8. The van der Waals surface area contributed by atoms with Crippen LogP contribution in [-0.2, 0) is 33.6 Å². The van der Waals surface area contributed by atoms with Gasteiger partial charge in [-0.3, -0.25) is 28.8 Å². The van der Waals surface area contributed by atoms with Crippen molar-refractivity contribution in [2.45, 2.75) is 115 Å². The highest BCUT2D eigenvalue weighted by Gasteiger charge is 2.42. The number of hydrogen-bond donors (Lipinski definition) is 8. The third-order valence-corrected chi connectivity index (χ3v) is 8.18. The summed E-state index contributed by atoms with van der Waals surface area (Å²) < 4.78 is 0. The topological polar surface area (TPSA) is 280 Å². The zero-order valence-corrected chi connectivity index (χ0v) is 26.7. The minimum atomic E-state index is -2.41. The van der Waals surface area contributed by atoms with E-state index in [1.54, 1.807) is 0 Å². The Morgan fingerprint density at radius 2 is 1.32 bits per heavy atom. The van der Waals surface area contributed by atoms with E-state index in [1.807, 2.05) is 0 Å². The van der Waals surface area contributed by atoms with E-state index in [-0.39, 0.29) is 24.5 Å². The van der Waals surface area contributed by atoms with Crippen molar-refractivity contribution in [1.29, 1.82) is 0 Å². The number of carbonyl (C=O) groups is 7. The Kier molecular flexibility index (Phi) is 20.7. The number of nitrogens with two attached hydrogens (primary N) is 4. The molecule has 0 rings (SSSR count). The van der Waals surface area contributed by atoms with Gasteiger partial charge in [0.25, 0.3) is 0 Å². The van der Waals surface area contributed by atoms with E-state index < -0.39 is 77.8 Å². The average Bonchev–Trinajstić information content (AvgIpc) is 2.96. The molecule has 0 heterocycles. The first-order valence-electron chi connectivity index (χ1n) is 15.0. The van der Waals surface area contributed by atoms with Crippen molar-refractivity contribution in [2.24, 2.45) is 22.9 Å². The lowest BCUT2D eigenvalue weighted by atomic mass is 9.92. The van der Waals surface area contributed by atoms with Gasteiger partial charge in [0.05, 0.1) is 6.54 Å². The zero-order valence-electron chi connectivity index (χ0n) is 25.9. The van der Waals surface area contributed by atoms with Crippen LogP contribution in [0.15, 0.2) is 0 Å². The van der Waals surface area contributed by atoms with E-state index in [4.69, 9.17) is 22.9 Å². The summed E-state index contributed by atoms with van der Waals surface area (Å²) in [4.78, 5) is 84.6. The Balaban J connectivity index is 4.82. The van der Waals surface area contributed by atoms with Crippen molar-refractivity contribution in [3.63, 3.8) is 0 Å². The standard InChI is InChI=1S/C28H51N7O8S/c1-3-4-5-6-7-8-9-10-11-12-22(37)33-18(2)26(41)35-19(24(30)39)13-14-21(36)28(32,27(42)43)17-44-16-20(25(31)40)34-23(38)15-29/h18-20H,3-17,29,32H2,1-2H3,(H2,30,39)(H2,31,40)(H,33,37)(H,34,38)(H,35,41)(H,42,43)/t18-,19+,20?,28?/m0/s1. The maximum Gasteiger partial charge on any atom is 0.332 e. The summed E-state index contributed by atoms with van der Waals surface area (Å²) in [5.74, 6) is -6.80. The molecule has 0 aromatic carbocycles. The van der Waals surface area contributed by atoms with Gasteiger partial charge in [0, 0.05) is 24.3 Å². The van der Waals surface area contributed by atoms with Gasteiger partial charge in [0.1, 0.15) is 18.1 Å². The number of carboxylic acid groups (broad SMARTS) is 1. The zero-order chi connectivity index (χ0) is 33.7. The quantitative estimate of drug-likeness (QED) is 0.0425. The Bertz CT molecular complexity index is 984. The summed E-state index contributed by atoms with van der Waals surface area (Å²) in [5, 5.41) is 16.9. The molecule has 12 N–H and O–H groups in total. The van der Waals surface area contributed by atoms with Gasteiger partial charge < -0.3 is 44.0 Å². The molecular weight excluding hydrogens is 594 g/mol. The van der Waals surface area contributed by atoms with Gasteiger partial charge in [-0.2, -0.15) is 11.8 Å². The summed E-state index contributed by atoms with van der Waals surface area (Å²) in [7, 11) is 0. The van der Waals surface area contributed by atoms with E-state index in [0.717, 1.165) is 31.0 Å². The van der Waals surface area contributed by atoms with Gasteiger partial charge in [-0.1, -0.05) is 58.3 Å². The molecule has 252 valence electrons. The van der Waals surface area contributed by atoms with Crippen LogP contribution in [0.5, 0.6) is 0 Å². The molecule has 2 unspecified atom stereocenters. The fraction of sp³-hybridized carbons (Fsp3) is 0.750. The van der Waals surface area contributed by atoms with Gasteiger partial charge in [-0.15, -0.1) is 0 Å². The number of thioether (sulfide) groups is 1. The normalized spacial score (nSPS) is 14.4. The first-order valence-corrected chi connectivity index (χ1v) is 16.2. The number of primary amides is 2. The van der Waals surface area contributed by atoms with E-state index >= 15 is 0 Å². The van der Waals surface area contributed by atoms with Crippen molar-refractivity contribution in [1.82, 2.24) is 16.0 Å². The molecule has 0 aromatic heterocycles. The molecular formula is C28H51N7O8S.